The number of carbonyl (C=O) groups excluding carboxylic acids is 1. The molecule has 0 atom stereocenters. The molecule has 5 N–H and O–H groups in total. The predicted molar refractivity (Wildman–Crippen MR) is 57.4 cm³/mol. The van der Waals surface area contributed by atoms with E-state index in [2.05, 4.69) is 10.3 Å². The summed E-state index contributed by atoms with van der Waals surface area (Å²) in [5.74, 6) is -1.12. The van der Waals surface area contributed by atoms with Gasteiger partial charge >= 0.3 is 0 Å². The Kier molecular flexibility index (Phi) is 4.38. The molecule has 1 aromatic heterocycles. The van der Waals surface area contributed by atoms with Crippen LogP contribution in [0.15, 0.2) is 18.3 Å². The number of hydrogen-bond donors (Lipinski definition) is 5. The predicted octanol–water partition coefficient (Wildman–Crippen LogP) is -1.77. The second-order valence-corrected chi connectivity index (χ2v) is 3.58. The molecule has 94 valence electrons. The first kappa shape index (κ1) is 13.4. The molecule has 0 saturated heterocycles. The van der Waals surface area contributed by atoms with E-state index in [9.17, 15) is 9.90 Å². The van der Waals surface area contributed by atoms with Gasteiger partial charge in [0.1, 0.15) is 11.3 Å². The Morgan fingerprint density at radius 2 is 1.88 bits per heavy atom. The first-order valence-electron chi connectivity index (χ1n) is 4.87. The quantitative estimate of drug-likeness (QED) is 0.416. The SMILES string of the molecule is O=C(NC(CO)(CO)CO)c1ncccc1O. The highest BCUT2D eigenvalue weighted by Gasteiger charge is 2.31. The number of pyridine rings is 1. The Bertz CT molecular complexity index is 384. The van der Waals surface area contributed by atoms with Gasteiger partial charge in [0, 0.05) is 6.20 Å². The number of aromatic nitrogens is 1. The summed E-state index contributed by atoms with van der Waals surface area (Å²) < 4.78 is 0. The molecule has 0 aliphatic carbocycles. The van der Waals surface area contributed by atoms with Crippen molar-refractivity contribution in [1.82, 2.24) is 10.3 Å². The summed E-state index contributed by atoms with van der Waals surface area (Å²) in [6.07, 6.45) is 1.31. The summed E-state index contributed by atoms with van der Waals surface area (Å²) in [5.41, 5.74) is -1.78. The topological polar surface area (TPSA) is 123 Å². The molecule has 1 aromatic rings. The van der Waals surface area contributed by atoms with E-state index in [4.69, 9.17) is 15.3 Å². The largest absolute Gasteiger partial charge is 0.505 e. The van der Waals surface area contributed by atoms with E-state index >= 15 is 0 Å². The highest BCUT2D eigenvalue weighted by Crippen LogP contribution is 2.13. The number of aliphatic hydroxyl groups excluding tert-OH is 3. The fraction of sp³-hybridized carbons (Fsp3) is 0.400. The van der Waals surface area contributed by atoms with Crippen LogP contribution in [0.3, 0.4) is 0 Å². The fourth-order valence-corrected chi connectivity index (χ4v) is 1.14. The van der Waals surface area contributed by atoms with Crippen LogP contribution >= 0.6 is 0 Å². The molecule has 1 heterocycles. The Morgan fingerprint density at radius 3 is 2.35 bits per heavy atom. The third kappa shape index (κ3) is 2.90. The number of hydrogen-bond acceptors (Lipinski definition) is 6. The molecule has 0 aromatic carbocycles. The maximum atomic E-state index is 11.7. The molecule has 0 bridgehead atoms. The summed E-state index contributed by atoms with van der Waals surface area (Å²) in [6, 6.07) is 2.73. The molecule has 7 heteroatoms. The van der Waals surface area contributed by atoms with Crippen LogP contribution in [-0.2, 0) is 0 Å². The lowest BCUT2D eigenvalue weighted by Crippen LogP contribution is -2.57. The summed E-state index contributed by atoms with van der Waals surface area (Å²) in [4.78, 5) is 15.3. The number of aliphatic hydroxyl groups is 3. The molecule has 0 fully saturated rings. The third-order valence-electron chi connectivity index (χ3n) is 2.29. The molecule has 0 radical (unpaired) electrons. The number of nitrogens with one attached hydrogen (secondary N) is 1. The summed E-state index contributed by atoms with van der Waals surface area (Å²) >= 11 is 0. The molecule has 1 amide bonds. The second kappa shape index (κ2) is 5.58. The van der Waals surface area contributed by atoms with Crippen molar-refractivity contribution in [2.75, 3.05) is 19.8 Å². The Labute approximate surface area is 97.4 Å². The monoisotopic (exact) mass is 242 g/mol. The van der Waals surface area contributed by atoms with E-state index in [1.807, 2.05) is 0 Å². The van der Waals surface area contributed by atoms with Crippen molar-refractivity contribution in [3.8, 4) is 5.75 Å². The molecule has 7 nitrogen and oxygen atoms in total. The molecule has 0 saturated carbocycles. The van der Waals surface area contributed by atoms with Gasteiger partial charge in [-0.3, -0.25) is 4.79 Å². The average molecular weight is 242 g/mol. The van der Waals surface area contributed by atoms with E-state index in [0.29, 0.717) is 0 Å². The number of rotatable bonds is 5. The van der Waals surface area contributed by atoms with Crippen molar-refractivity contribution in [2.24, 2.45) is 0 Å². The minimum atomic E-state index is -1.54. The minimum absolute atomic E-state index is 0.243. The molecule has 0 spiro atoms. The van der Waals surface area contributed by atoms with Gasteiger partial charge in [-0.25, -0.2) is 4.98 Å². The highest BCUT2D eigenvalue weighted by molar-refractivity contribution is 5.95. The number of carbonyl (C=O) groups is 1. The third-order valence-corrected chi connectivity index (χ3v) is 2.29. The highest BCUT2D eigenvalue weighted by atomic mass is 16.3. The van der Waals surface area contributed by atoms with Gasteiger partial charge in [-0.15, -0.1) is 0 Å². The first-order chi connectivity index (χ1) is 8.08. The van der Waals surface area contributed by atoms with Gasteiger partial charge in [-0.1, -0.05) is 0 Å². The summed E-state index contributed by atoms with van der Waals surface area (Å²) in [6.45, 7) is -1.92. The van der Waals surface area contributed by atoms with Crippen LogP contribution in [0.2, 0.25) is 0 Å². The minimum Gasteiger partial charge on any atom is -0.505 e. The van der Waals surface area contributed by atoms with Gasteiger partial charge < -0.3 is 25.7 Å². The van der Waals surface area contributed by atoms with Crippen LogP contribution in [0, 0.1) is 0 Å². The second-order valence-electron chi connectivity index (χ2n) is 3.58. The molecule has 17 heavy (non-hydrogen) atoms. The summed E-state index contributed by atoms with van der Waals surface area (Å²) in [5, 5.41) is 38.7. The number of amides is 1. The van der Waals surface area contributed by atoms with Crippen LogP contribution in [0.25, 0.3) is 0 Å². The molecule has 0 aliphatic heterocycles. The van der Waals surface area contributed by atoms with Crippen LogP contribution in [0.4, 0.5) is 0 Å². The zero-order chi connectivity index (χ0) is 12.9. The van der Waals surface area contributed by atoms with Crippen LogP contribution < -0.4 is 5.32 Å². The van der Waals surface area contributed by atoms with Crippen molar-refractivity contribution in [3.63, 3.8) is 0 Å². The Balaban J connectivity index is 2.89. The summed E-state index contributed by atoms with van der Waals surface area (Å²) in [7, 11) is 0. The van der Waals surface area contributed by atoms with Crippen molar-refractivity contribution in [2.45, 2.75) is 5.54 Å². The zero-order valence-corrected chi connectivity index (χ0v) is 9.00. The van der Waals surface area contributed by atoms with Gasteiger partial charge in [-0.2, -0.15) is 0 Å². The number of aromatic hydroxyl groups is 1. The van der Waals surface area contributed by atoms with Crippen LogP contribution in [-0.4, -0.2) is 56.7 Å². The van der Waals surface area contributed by atoms with E-state index in [-0.39, 0.29) is 11.4 Å². The van der Waals surface area contributed by atoms with E-state index in [1.54, 1.807) is 0 Å². The molecular formula is C10H14N2O5. The van der Waals surface area contributed by atoms with Gasteiger partial charge in [0.15, 0.2) is 5.69 Å². The van der Waals surface area contributed by atoms with Gasteiger partial charge in [-0.05, 0) is 12.1 Å². The fourth-order valence-electron chi connectivity index (χ4n) is 1.14. The number of nitrogens with zero attached hydrogens (tertiary/aromatic N) is 1. The zero-order valence-electron chi connectivity index (χ0n) is 9.00. The molecule has 0 aliphatic rings. The maximum Gasteiger partial charge on any atom is 0.274 e. The van der Waals surface area contributed by atoms with Crippen molar-refractivity contribution < 1.29 is 25.2 Å². The lowest BCUT2D eigenvalue weighted by atomic mass is 10.0. The average Bonchev–Trinajstić information content (AvgIpc) is 2.36. The van der Waals surface area contributed by atoms with E-state index in [1.165, 1.54) is 18.3 Å². The Hall–Kier alpha value is -1.70. The Morgan fingerprint density at radius 1 is 1.29 bits per heavy atom. The first-order valence-corrected chi connectivity index (χ1v) is 4.87. The van der Waals surface area contributed by atoms with Gasteiger partial charge in [0.05, 0.1) is 19.8 Å². The lowest BCUT2D eigenvalue weighted by molar-refractivity contribution is 0.0372. The van der Waals surface area contributed by atoms with Crippen LogP contribution in [0.5, 0.6) is 5.75 Å². The van der Waals surface area contributed by atoms with Crippen molar-refractivity contribution >= 4 is 5.91 Å². The molecule has 0 unspecified atom stereocenters. The molecular weight excluding hydrogens is 228 g/mol. The lowest BCUT2D eigenvalue weighted by Gasteiger charge is -2.28. The van der Waals surface area contributed by atoms with E-state index in [0.717, 1.165) is 0 Å². The van der Waals surface area contributed by atoms with Crippen molar-refractivity contribution in [3.05, 3.63) is 24.0 Å². The maximum absolute atomic E-state index is 11.7. The van der Waals surface area contributed by atoms with Gasteiger partial charge in [0.25, 0.3) is 5.91 Å². The van der Waals surface area contributed by atoms with E-state index < -0.39 is 31.3 Å². The van der Waals surface area contributed by atoms with Crippen LogP contribution in [0.1, 0.15) is 10.5 Å². The standard InChI is InChI=1S/C10H14N2O5/c13-4-10(5-14,6-15)12-9(17)8-7(16)2-1-3-11-8/h1-3,13-16H,4-6H2,(H,12,17). The normalized spacial score (nSPS) is 11.2. The smallest absolute Gasteiger partial charge is 0.274 e. The molecule has 1 rings (SSSR count). The van der Waals surface area contributed by atoms with Crippen molar-refractivity contribution in [1.29, 1.82) is 0 Å². The van der Waals surface area contributed by atoms with Gasteiger partial charge in [0.2, 0.25) is 0 Å².